The lowest BCUT2D eigenvalue weighted by Crippen LogP contribution is -2.47. The number of rotatable bonds is 8. The fourth-order valence-electron chi connectivity index (χ4n) is 2.80. The van der Waals surface area contributed by atoms with Crippen molar-refractivity contribution < 1.29 is 5.11 Å². The molecule has 1 aromatic carbocycles. The van der Waals surface area contributed by atoms with Crippen LogP contribution >= 0.6 is 0 Å². The predicted molar refractivity (Wildman–Crippen MR) is 86.1 cm³/mol. The maximum Gasteiger partial charge on any atom is 0.0718 e. The Morgan fingerprint density at radius 3 is 2.20 bits per heavy atom. The molecular formula is C17H30N2O. The number of hydrogen-bond donors (Lipinski definition) is 2. The van der Waals surface area contributed by atoms with Crippen molar-refractivity contribution in [3.8, 4) is 0 Å². The van der Waals surface area contributed by atoms with Crippen LogP contribution in [-0.4, -0.2) is 48.8 Å². The highest BCUT2D eigenvalue weighted by atomic mass is 16.3. The van der Waals surface area contributed by atoms with Crippen molar-refractivity contribution >= 4 is 0 Å². The van der Waals surface area contributed by atoms with E-state index in [-0.39, 0.29) is 5.41 Å². The Balaban J connectivity index is 2.84. The van der Waals surface area contributed by atoms with Gasteiger partial charge in [-0.15, -0.1) is 0 Å². The monoisotopic (exact) mass is 278 g/mol. The van der Waals surface area contributed by atoms with Crippen molar-refractivity contribution in [3.05, 3.63) is 35.9 Å². The number of hydrogen-bond acceptors (Lipinski definition) is 3. The molecule has 0 saturated heterocycles. The predicted octanol–water partition coefficient (Wildman–Crippen LogP) is 2.26. The van der Waals surface area contributed by atoms with Gasteiger partial charge in [-0.25, -0.2) is 0 Å². The summed E-state index contributed by atoms with van der Waals surface area (Å²) in [5.41, 5.74) is 0.713. The first-order chi connectivity index (χ1) is 9.27. The normalized spacial score (nSPS) is 15.3. The molecule has 0 amide bonds. The Hall–Kier alpha value is -0.900. The first-order valence-corrected chi connectivity index (χ1v) is 7.44. The molecule has 0 fully saturated rings. The van der Waals surface area contributed by atoms with Crippen LogP contribution in [0.25, 0.3) is 0 Å². The van der Waals surface area contributed by atoms with Gasteiger partial charge in [0, 0.05) is 25.0 Å². The van der Waals surface area contributed by atoms with E-state index in [4.69, 9.17) is 0 Å². The highest BCUT2D eigenvalue weighted by Crippen LogP contribution is 2.24. The summed E-state index contributed by atoms with van der Waals surface area (Å²) in [6.45, 7) is 11.6. The van der Waals surface area contributed by atoms with Crippen LogP contribution in [0.4, 0.5) is 0 Å². The van der Waals surface area contributed by atoms with Gasteiger partial charge < -0.3 is 15.3 Å². The molecule has 3 nitrogen and oxygen atoms in total. The molecule has 0 radical (unpaired) electrons. The van der Waals surface area contributed by atoms with Gasteiger partial charge in [0.25, 0.3) is 0 Å². The average molecular weight is 278 g/mol. The van der Waals surface area contributed by atoms with Crippen LogP contribution in [-0.2, 0) is 5.41 Å². The van der Waals surface area contributed by atoms with E-state index in [9.17, 15) is 5.11 Å². The van der Waals surface area contributed by atoms with Gasteiger partial charge >= 0.3 is 0 Å². The molecule has 1 rings (SSSR count). The standard InChI is InChI=1S/C17H30N2O/c1-6-18-12-17(4,15-10-8-7-9-11-15)14-19(5)13-16(2,3)20/h7-11,18,20H,6,12-14H2,1-5H3. The fourth-order valence-corrected chi connectivity index (χ4v) is 2.80. The number of aliphatic hydroxyl groups is 1. The fraction of sp³-hybridized carbons (Fsp3) is 0.647. The molecule has 1 aromatic rings. The average Bonchev–Trinajstić information content (AvgIpc) is 2.35. The second kappa shape index (κ2) is 7.21. The van der Waals surface area contributed by atoms with Crippen LogP contribution in [0.3, 0.4) is 0 Å². The Kier molecular flexibility index (Phi) is 6.18. The molecule has 0 aliphatic rings. The lowest BCUT2D eigenvalue weighted by atomic mass is 9.81. The summed E-state index contributed by atoms with van der Waals surface area (Å²) in [5, 5.41) is 13.4. The van der Waals surface area contributed by atoms with Crippen LogP contribution in [0.5, 0.6) is 0 Å². The third kappa shape index (κ3) is 5.61. The lowest BCUT2D eigenvalue weighted by molar-refractivity contribution is 0.0386. The van der Waals surface area contributed by atoms with E-state index in [1.54, 1.807) is 0 Å². The quantitative estimate of drug-likeness (QED) is 0.765. The molecule has 2 N–H and O–H groups in total. The first-order valence-electron chi connectivity index (χ1n) is 7.44. The summed E-state index contributed by atoms with van der Waals surface area (Å²) < 4.78 is 0. The highest BCUT2D eigenvalue weighted by Gasteiger charge is 2.29. The molecule has 0 bridgehead atoms. The van der Waals surface area contributed by atoms with E-state index < -0.39 is 5.60 Å². The minimum atomic E-state index is -0.662. The number of likely N-dealkylation sites (N-methyl/N-ethyl adjacent to an activating group) is 2. The zero-order valence-electron chi connectivity index (χ0n) is 13.6. The summed E-state index contributed by atoms with van der Waals surface area (Å²) in [4.78, 5) is 2.21. The van der Waals surface area contributed by atoms with E-state index in [1.807, 2.05) is 13.8 Å². The Morgan fingerprint density at radius 1 is 1.10 bits per heavy atom. The Bertz CT molecular complexity index is 386. The van der Waals surface area contributed by atoms with Crippen molar-refractivity contribution in [3.63, 3.8) is 0 Å². The molecule has 0 aliphatic carbocycles. The molecule has 0 spiro atoms. The van der Waals surface area contributed by atoms with E-state index in [1.165, 1.54) is 5.56 Å². The van der Waals surface area contributed by atoms with E-state index >= 15 is 0 Å². The summed E-state index contributed by atoms with van der Waals surface area (Å²) in [7, 11) is 2.07. The van der Waals surface area contributed by atoms with Gasteiger partial charge in [-0.1, -0.05) is 44.2 Å². The molecule has 0 aliphatic heterocycles. The number of nitrogens with zero attached hydrogens (tertiary/aromatic N) is 1. The van der Waals surface area contributed by atoms with Crippen molar-refractivity contribution in [2.24, 2.45) is 0 Å². The van der Waals surface area contributed by atoms with Crippen molar-refractivity contribution in [1.82, 2.24) is 10.2 Å². The second-order valence-corrected chi connectivity index (χ2v) is 6.69. The molecule has 0 saturated carbocycles. The van der Waals surface area contributed by atoms with Crippen LogP contribution in [0.15, 0.2) is 30.3 Å². The highest BCUT2D eigenvalue weighted by molar-refractivity contribution is 5.25. The van der Waals surface area contributed by atoms with Gasteiger partial charge in [0.1, 0.15) is 0 Å². The van der Waals surface area contributed by atoms with Gasteiger partial charge in [-0.3, -0.25) is 0 Å². The van der Waals surface area contributed by atoms with E-state index in [0.717, 1.165) is 19.6 Å². The van der Waals surface area contributed by atoms with Crippen molar-refractivity contribution in [2.75, 3.05) is 33.2 Å². The summed E-state index contributed by atoms with van der Waals surface area (Å²) in [5.74, 6) is 0. The maximum atomic E-state index is 9.97. The minimum Gasteiger partial charge on any atom is -0.389 e. The zero-order chi connectivity index (χ0) is 15.2. The largest absolute Gasteiger partial charge is 0.389 e. The van der Waals surface area contributed by atoms with Crippen molar-refractivity contribution in [2.45, 2.75) is 38.7 Å². The summed E-state index contributed by atoms with van der Waals surface area (Å²) in [6.07, 6.45) is 0. The number of nitrogens with one attached hydrogen (secondary N) is 1. The van der Waals surface area contributed by atoms with Gasteiger partial charge in [-0.05, 0) is 33.0 Å². The topological polar surface area (TPSA) is 35.5 Å². The molecule has 114 valence electrons. The molecule has 0 heterocycles. The molecule has 3 heteroatoms. The zero-order valence-corrected chi connectivity index (χ0v) is 13.6. The summed E-state index contributed by atoms with van der Waals surface area (Å²) >= 11 is 0. The van der Waals surface area contributed by atoms with Crippen LogP contribution in [0.1, 0.15) is 33.3 Å². The molecule has 20 heavy (non-hydrogen) atoms. The maximum absolute atomic E-state index is 9.97. The van der Waals surface area contributed by atoms with Crippen LogP contribution in [0, 0.1) is 0 Å². The summed E-state index contributed by atoms with van der Waals surface area (Å²) in [6, 6.07) is 10.6. The van der Waals surface area contributed by atoms with E-state index in [0.29, 0.717) is 6.54 Å². The SMILES string of the molecule is CCNCC(C)(CN(C)CC(C)(C)O)c1ccccc1. The molecule has 1 atom stereocenters. The Morgan fingerprint density at radius 2 is 1.70 bits per heavy atom. The molecule has 0 aromatic heterocycles. The molecular weight excluding hydrogens is 248 g/mol. The van der Waals surface area contributed by atoms with Gasteiger partial charge in [0.05, 0.1) is 5.60 Å². The smallest absolute Gasteiger partial charge is 0.0718 e. The van der Waals surface area contributed by atoms with Gasteiger partial charge in [0.2, 0.25) is 0 Å². The van der Waals surface area contributed by atoms with Crippen molar-refractivity contribution in [1.29, 1.82) is 0 Å². The third-order valence-corrected chi connectivity index (χ3v) is 3.51. The van der Waals surface area contributed by atoms with Crippen LogP contribution < -0.4 is 5.32 Å². The number of benzene rings is 1. The Labute approximate surface area is 124 Å². The van der Waals surface area contributed by atoms with E-state index in [2.05, 4.69) is 61.4 Å². The van der Waals surface area contributed by atoms with Gasteiger partial charge in [-0.2, -0.15) is 0 Å². The van der Waals surface area contributed by atoms with Gasteiger partial charge in [0.15, 0.2) is 0 Å². The molecule has 1 unspecified atom stereocenters. The minimum absolute atomic E-state index is 0.0390. The lowest BCUT2D eigenvalue weighted by Gasteiger charge is -2.36. The third-order valence-electron chi connectivity index (χ3n) is 3.51. The first kappa shape index (κ1) is 17.2. The van der Waals surface area contributed by atoms with Crippen LogP contribution in [0.2, 0.25) is 0 Å². The second-order valence-electron chi connectivity index (χ2n) is 6.69.